The van der Waals surface area contributed by atoms with Gasteiger partial charge in [0.25, 0.3) is 5.91 Å². The molecule has 14 N–H and O–H groups in total. The van der Waals surface area contributed by atoms with Gasteiger partial charge >= 0.3 is 16.4 Å². The molecule has 4 heterocycles. The van der Waals surface area contributed by atoms with Gasteiger partial charge in [0, 0.05) is 57.1 Å². The zero-order chi connectivity index (χ0) is 57.1. The summed E-state index contributed by atoms with van der Waals surface area (Å²) in [5, 5.41) is 46.0. The molecular weight excluding hydrogens is 1060 g/mol. The molecule has 424 valence electrons. The summed E-state index contributed by atoms with van der Waals surface area (Å²) in [5.41, 5.74) is -0.493. The molecule has 0 radical (unpaired) electrons. The highest BCUT2D eigenvalue weighted by Gasteiger charge is 2.41. The number of carbonyl (C=O) groups excluding carboxylic acids is 10. The molecule has 3 aliphatic heterocycles. The first-order valence-corrected chi connectivity index (χ1v) is 27.0. The van der Waals surface area contributed by atoms with Crippen molar-refractivity contribution in [2.75, 3.05) is 43.8 Å². The van der Waals surface area contributed by atoms with Gasteiger partial charge in [0.05, 0.1) is 59.8 Å². The lowest BCUT2D eigenvalue weighted by molar-refractivity contribution is -0.138. The topological polar surface area (TPSA) is 431 Å². The van der Waals surface area contributed by atoms with E-state index >= 15 is 0 Å². The van der Waals surface area contributed by atoms with Crippen LogP contribution < -0.4 is 57.4 Å². The molecule has 2 aromatic rings. The van der Waals surface area contributed by atoms with Crippen molar-refractivity contribution in [1.29, 1.82) is 0 Å². The minimum absolute atomic E-state index is 0.0307. The van der Waals surface area contributed by atoms with Crippen LogP contribution in [0.5, 0.6) is 5.75 Å². The molecule has 29 nitrogen and oxygen atoms in total. The van der Waals surface area contributed by atoms with Crippen molar-refractivity contribution in [3.8, 4) is 5.75 Å². The van der Waals surface area contributed by atoms with E-state index in [1.807, 2.05) is 0 Å². The molecule has 9 atom stereocenters. The predicted molar refractivity (Wildman–Crippen MR) is 272 cm³/mol. The van der Waals surface area contributed by atoms with E-state index in [1.165, 1.54) is 4.90 Å². The number of nitrogens with zero attached hydrogens (tertiary/aromatic N) is 1. The second-order valence-electron chi connectivity index (χ2n) is 19.1. The average molecular weight is 1120 g/mol. The second-order valence-corrected chi connectivity index (χ2v) is 21.2. The Hall–Kier alpha value is -7.09. The summed E-state index contributed by atoms with van der Waals surface area (Å²) in [6.45, 7) is 6.92. The molecule has 2 bridgehead atoms. The number of aliphatic carboxylic acids is 1. The Labute approximate surface area is 446 Å². The van der Waals surface area contributed by atoms with Gasteiger partial charge in [-0.15, -0.1) is 11.8 Å². The monoisotopic (exact) mass is 1120 g/mol. The van der Waals surface area contributed by atoms with Crippen molar-refractivity contribution in [3.63, 3.8) is 0 Å². The second kappa shape index (κ2) is 26.8. The van der Waals surface area contributed by atoms with Crippen LogP contribution in [0.1, 0.15) is 72.8 Å². The number of thioether (sulfide) groups is 1. The number of benzene rings is 1. The van der Waals surface area contributed by atoms with E-state index in [1.54, 1.807) is 27.7 Å². The first-order chi connectivity index (χ1) is 36.2. The lowest BCUT2D eigenvalue weighted by Crippen LogP contribution is -2.59. The number of rotatable bonds is 12. The molecule has 0 aliphatic carbocycles. The van der Waals surface area contributed by atoms with Crippen molar-refractivity contribution in [1.82, 2.24) is 57.7 Å². The number of nitrogens with one attached hydrogen (secondary N) is 11. The number of carboxylic acid groups (broad SMARTS) is 1. The van der Waals surface area contributed by atoms with E-state index < -0.39 is 173 Å². The number of amides is 10. The quantitative estimate of drug-likeness (QED) is 0.0723. The lowest BCUT2D eigenvalue weighted by atomic mass is 9.90. The molecule has 0 unspecified atom stereocenters. The molecular formula is C46H66N12O17S2. The SMILES string of the molecule is CC[C@H](C)[C@@H]1CNC(=O)CNC(=O)[C@@H]2Cc3c([nH]c4cc(OS(=O)(=O)O)c(NC(=O)C(NC(C)=O)NC(C)=O)cc34)SC[C@H](NC(=O)CNC1=O)C(=O)N[C@@H](CC(=O)O)CN1C[C@H](O)C[C@H]1C(=O)N[C@@H]([C@@H](C)CC)C(=O)N2. The Balaban J connectivity index is 1.78. The number of fused-ring (bicyclic) bond motifs is 5. The Kier molecular flexibility index (Phi) is 21.1. The molecule has 1 aromatic heterocycles. The van der Waals surface area contributed by atoms with E-state index in [0.717, 1.165) is 37.7 Å². The molecule has 1 saturated heterocycles. The third kappa shape index (κ3) is 17.2. The number of aromatic nitrogens is 1. The highest BCUT2D eigenvalue weighted by Crippen LogP contribution is 2.38. The molecule has 31 heteroatoms. The van der Waals surface area contributed by atoms with Crippen LogP contribution in [0.15, 0.2) is 17.2 Å². The Bertz CT molecular complexity index is 2720. The number of anilines is 1. The molecule has 1 fully saturated rings. The Morgan fingerprint density at radius 3 is 2.08 bits per heavy atom. The van der Waals surface area contributed by atoms with E-state index in [9.17, 15) is 75.9 Å². The fraction of sp³-hybridized carbons (Fsp3) is 0.587. The maximum absolute atomic E-state index is 14.7. The minimum atomic E-state index is -5.37. The van der Waals surface area contributed by atoms with Crippen molar-refractivity contribution < 1.29 is 80.1 Å². The number of aromatic amines is 1. The van der Waals surface area contributed by atoms with Gasteiger partial charge in [-0.3, -0.25) is 62.2 Å². The maximum Gasteiger partial charge on any atom is 0.446 e. The van der Waals surface area contributed by atoms with Crippen LogP contribution in [-0.2, 0) is 69.6 Å². The molecule has 3 aliphatic rings. The number of aliphatic hydroxyl groups excluding tert-OH is 1. The Morgan fingerprint density at radius 1 is 0.805 bits per heavy atom. The van der Waals surface area contributed by atoms with E-state index in [4.69, 9.17) is 4.18 Å². The van der Waals surface area contributed by atoms with Gasteiger partial charge in [-0.2, -0.15) is 8.42 Å². The largest absolute Gasteiger partial charge is 0.481 e. The van der Waals surface area contributed by atoms with E-state index in [0.29, 0.717) is 12.8 Å². The lowest BCUT2D eigenvalue weighted by Gasteiger charge is -2.31. The fourth-order valence-electron chi connectivity index (χ4n) is 8.88. The van der Waals surface area contributed by atoms with Crippen molar-refractivity contribution in [3.05, 3.63) is 17.7 Å². The average Bonchev–Trinajstić information content (AvgIpc) is 3.88. The van der Waals surface area contributed by atoms with Crippen LogP contribution in [0.2, 0.25) is 0 Å². The van der Waals surface area contributed by atoms with Crippen LogP contribution in [-0.4, -0.2) is 179 Å². The third-order valence-electron chi connectivity index (χ3n) is 13.2. The molecule has 10 amide bonds. The Morgan fingerprint density at radius 2 is 1.45 bits per heavy atom. The number of aliphatic hydroxyl groups is 1. The molecule has 5 rings (SSSR count). The third-order valence-corrected chi connectivity index (χ3v) is 14.7. The van der Waals surface area contributed by atoms with Crippen LogP contribution in [0, 0.1) is 17.8 Å². The van der Waals surface area contributed by atoms with Crippen LogP contribution in [0.4, 0.5) is 5.69 Å². The number of H-pyrrole nitrogens is 1. The summed E-state index contributed by atoms with van der Waals surface area (Å²) in [4.78, 5) is 153. The first kappa shape index (κ1) is 60.8. The van der Waals surface area contributed by atoms with Gasteiger partial charge in [-0.25, -0.2) is 0 Å². The minimum Gasteiger partial charge on any atom is -0.481 e. The first-order valence-electron chi connectivity index (χ1n) is 24.7. The van der Waals surface area contributed by atoms with Crippen LogP contribution in [0.25, 0.3) is 10.9 Å². The maximum atomic E-state index is 14.7. The van der Waals surface area contributed by atoms with Gasteiger partial charge < -0.3 is 72.5 Å². The summed E-state index contributed by atoms with van der Waals surface area (Å²) in [6.07, 6.45) is -3.51. The normalized spacial score (nSPS) is 24.6. The van der Waals surface area contributed by atoms with Gasteiger partial charge in [0.2, 0.25) is 53.2 Å². The van der Waals surface area contributed by atoms with Crippen molar-refractivity contribution >= 4 is 104 Å². The molecule has 0 spiro atoms. The smallest absolute Gasteiger partial charge is 0.446 e. The van der Waals surface area contributed by atoms with E-state index in [-0.39, 0.29) is 53.5 Å². The highest BCUT2D eigenvalue weighted by molar-refractivity contribution is 7.99. The number of carboxylic acids is 1. The fourth-order valence-corrected chi connectivity index (χ4v) is 10.4. The van der Waals surface area contributed by atoms with Gasteiger partial charge in [-0.05, 0) is 29.9 Å². The highest BCUT2D eigenvalue weighted by atomic mass is 32.3. The van der Waals surface area contributed by atoms with Crippen LogP contribution in [0.3, 0.4) is 0 Å². The van der Waals surface area contributed by atoms with Gasteiger partial charge in [-0.1, -0.05) is 40.5 Å². The summed E-state index contributed by atoms with van der Waals surface area (Å²) < 4.78 is 39.2. The molecule has 1 aromatic carbocycles. The summed E-state index contributed by atoms with van der Waals surface area (Å²) >= 11 is 0.812. The number of carbonyl (C=O) groups is 11. The van der Waals surface area contributed by atoms with Crippen molar-refractivity contribution in [2.45, 2.75) is 121 Å². The predicted octanol–water partition coefficient (Wildman–Crippen LogP) is -3.55. The summed E-state index contributed by atoms with van der Waals surface area (Å²) in [7, 11) is -5.37. The zero-order valence-electron chi connectivity index (χ0n) is 43.0. The molecule has 77 heavy (non-hydrogen) atoms. The zero-order valence-corrected chi connectivity index (χ0v) is 44.7. The number of hydrogen-bond donors (Lipinski definition) is 14. The van der Waals surface area contributed by atoms with Gasteiger partial charge in [0.15, 0.2) is 11.9 Å². The summed E-state index contributed by atoms with van der Waals surface area (Å²) in [6, 6.07) is -4.95. The van der Waals surface area contributed by atoms with Crippen LogP contribution >= 0.6 is 11.8 Å². The number of hydrogen-bond acceptors (Lipinski definition) is 17. The van der Waals surface area contributed by atoms with Crippen molar-refractivity contribution in [2.24, 2.45) is 17.8 Å². The molecule has 0 saturated carbocycles. The summed E-state index contributed by atoms with van der Waals surface area (Å²) in [5.74, 6) is -13.0. The van der Waals surface area contributed by atoms with E-state index in [2.05, 4.69) is 58.2 Å². The van der Waals surface area contributed by atoms with Gasteiger partial charge in [0.1, 0.15) is 18.1 Å². The standard InChI is InChI=1S/C46H66N12O17S2/c1-7-20(3)28-14-47-35(62)15-49-41(67)31-12-27-26-11-30(54-45(71)39(50-22(5)59)51-23(6)60)34(75-77(72,73)74)13-29(26)56-46(27)76-19-32(53-36(63)16-48-40(28)66)42(68)52-24(9-37(64)65)17-58-18-25(61)10-33(58)43(69)57-38(21(4)8-2)44(70)55-31/h11,13,20-21,24-25,28,31-33,38-39,56,61H,7-10,12,14-19H2,1-6H3,(H,47,62)(H,48,66)(H,49,67)(H,50,59)(H,51,60)(H,52,68)(H,53,63)(H,54,71)(H,55,70)(H,57,69)(H,64,65)(H,72,73,74)/t20-,21-,24-,25+,28-,31-,32-,33-,38-/m0/s1.